The number of hydrogen-bond donors (Lipinski definition) is 2. The molecular formula is C17H28N2O2. The van der Waals surface area contributed by atoms with E-state index in [1.165, 1.54) is 0 Å². The number of hydrogen-bond acceptors (Lipinski definition) is 3. The third-order valence-electron chi connectivity index (χ3n) is 3.18. The van der Waals surface area contributed by atoms with Crippen LogP contribution in [0.4, 0.5) is 5.69 Å². The molecule has 0 aromatic heterocycles. The number of rotatable bonds is 10. The van der Waals surface area contributed by atoms with Crippen LogP contribution in [-0.4, -0.2) is 18.6 Å². The Bertz CT molecular complexity index is 402. The summed E-state index contributed by atoms with van der Waals surface area (Å²) in [6, 6.07) is 7.81. The van der Waals surface area contributed by atoms with Crippen molar-refractivity contribution in [2.45, 2.75) is 58.7 Å². The molecule has 0 saturated carbocycles. The largest absolute Gasteiger partial charge is 0.374 e. The predicted octanol–water partition coefficient (Wildman–Crippen LogP) is 3.46. The SMILES string of the molecule is CC(C)OCc1ccc(NC(=O)CCCCCCN)cc1. The van der Waals surface area contributed by atoms with Crippen molar-refractivity contribution in [3.8, 4) is 0 Å². The molecule has 0 bridgehead atoms. The fourth-order valence-electron chi connectivity index (χ4n) is 1.95. The molecular weight excluding hydrogens is 264 g/mol. The Morgan fingerprint density at radius 1 is 1.14 bits per heavy atom. The van der Waals surface area contributed by atoms with Crippen molar-refractivity contribution < 1.29 is 9.53 Å². The van der Waals surface area contributed by atoms with E-state index in [0.29, 0.717) is 13.0 Å². The third kappa shape index (κ3) is 8.48. The summed E-state index contributed by atoms with van der Waals surface area (Å²) in [4.78, 5) is 11.8. The summed E-state index contributed by atoms with van der Waals surface area (Å²) in [6.45, 7) is 5.37. The highest BCUT2D eigenvalue weighted by Crippen LogP contribution is 2.12. The van der Waals surface area contributed by atoms with E-state index < -0.39 is 0 Å². The molecule has 0 aliphatic heterocycles. The molecule has 118 valence electrons. The smallest absolute Gasteiger partial charge is 0.224 e. The van der Waals surface area contributed by atoms with Gasteiger partial charge >= 0.3 is 0 Å². The van der Waals surface area contributed by atoms with Crippen LogP contribution in [0.25, 0.3) is 0 Å². The van der Waals surface area contributed by atoms with Crippen LogP contribution in [0.5, 0.6) is 0 Å². The number of unbranched alkanes of at least 4 members (excludes halogenated alkanes) is 3. The maximum absolute atomic E-state index is 11.8. The normalized spacial score (nSPS) is 10.9. The molecule has 4 heteroatoms. The van der Waals surface area contributed by atoms with Gasteiger partial charge in [0.25, 0.3) is 0 Å². The second-order valence-electron chi connectivity index (χ2n) is 5.56. The molecule has 0 fully saturated rings. The van der Waals surface area contributed by atoms with E-state index in [4.69, 9.17) is 10.5 Å². The van der Waals surface area contributed by atoms with Crippen LogP contribution in [0.15, 0.2) is 24.3 Å². The minimum Gasteiger partial charge on any atom is -0.374 e. The maximum Gasteiger partial charge on any atom is 0.224 e. The number of carbonyl (C=O) groups is 1. The number of nitrogens with two attached hydrogens (primary N) is 1. The molecule has 0 heterocycles. The number of anilines is 1. The number of ether oxygens (including phenoxy) is 1. The first-order chi connectivity index (χ1) is 10.1. The zero-order chi connectivity index (χ0) is 15.5. The van der Waals surface area contributed by atoms with Crippen molar-refractivity contribution in [3.05, 3.63) is 29.8 Å². The lowest BCUT2D eigenvalue weighted by atomic mass is 10.1. The van der Waals surface area contributed by atoms with Gasteiger partial charge in [-0.15, -0.1) is 0 Å². The van der Waals surface area contributed by atoms with E-state index in [2.05, 4.69) is 5.32 Å². The Morgan fingerprint density at radius 2 is 1.81 bits per heavy atom. The first-order valence-corrected chi connectivity index (χ1v) is 7.82. The molecule has 0 radical (unpaired) electrons. The van der Waals surface area contributed by atoms with E-state index in [0.717, 1.165) is 43.5 Å². The summed E-state index contributed by atoms with van der Waals surface area (Å²) >= 11 is 0. The van der Waals surface area contributed by atoms with Gasteiger partial charge in [0, 0.05) is 12.1 Å². The number of carbonyl (C=O) groups excluding carboxylic acids is 1. The zero-order valence-electron chi connectivity index (χ0n) is 13.2. The van der Waals surface area contributed by atoms with Crippen LogP contribution < -0.4 is 11.1 Å². The van der Waals surface area contributed by atoms with Gasteiger partial charge in [0.05, 0.1) is 12.7 Å². The van der Waals surface area contributed by atoms with Crippen molar-refractivity contribution >= 4 is 11.6 Å². The third-order valence-corrected chi connectivity index (χ3v) is 3.18. The van der Waals surface area contributed by atoms with Gasteiger partial charge in [-0.05, 0) is 50.9 Å². The molecule has 1 aromatic carbocycles. The van der Waals surface area contributed by atoms with Crippen molar-refractivity contribution in [1.82, 2.24) is 0 Å². The number of benzene rings is 1. The molecule has 0 saturated heterocycles. The van der Waals surface area contributed by atoms with Crippen molar-refractivity contribution in [1.29, 1.82) is 0 Å². The average Bonchev–Trinajstić information content (AvgIpc) is 2.46. The van der Waals surface area contributed by atoms with E-state index >= 15 is 0 Å². The minimum absolute atomic E-state index is 0.0777. The van der Waals surface area contributed by atoms with Gasteiger partial charge in [-0.3, -0.25) is 4.79 Å². The Kier molecular flexibility index (Phi) is 8.71. The van der Waals surface area contributed by atoms with Crippen LogP contribution in [0, 0.1) is 0 Å². The highest BCUT2D eigenvalue weighted by atomic mass is 16.5. The standard InChI is InChI=1S/C17H28N2O2/c1-14(2)21-13-15-8-10-16(11-9-15)19-17(20)7-5-3-4-6-12-18/h8-11,14H,3-7,12-13,18H2,1-2H3,(H,19,20). The van der Waals surface area contributed by atoms with Gasteiger partial charge in [0.1, 0.15) is 0 Å². The lowest BCUT2D eigenvalue weighted by Gasteiger charge is -2.09. The fraction of sp³-hybridized carbons (Fsp3) is 0.588. The topological polar surface area (TPSA) is 64.3 Å². The van der Waals surface area contributed by atoms with E-state index in [1.54, 1.807) is 0 Å². The van der Waals surface area contributed by atoms with E-state index in [-0.39, 0.29) is 12.0 Å². The van der Waals surface area contributed by atoms with Gasteiger partial charge in [0.15, 0.2) is 0 Å². The Balaban J connectivity index is 2.26. The summed E-state index contributed by atoms with van der Waals surface area (Å²) in [5, 5.41) is 2.92. The summed E-state index contributed by atoms with van der Waals surface area (Å²) < 4.78 is 5.54. The minimum atomic E-state index is 0.0777. The summed E-state index contributed by atoms with van der Waals surface area (Å²) in [5.74, 6) is 0.0777. The second-order valence-corrected chi connectivity index (χ2v) is 5.56. The first-order valence-electron chi connectivity index (χ1n) is 7.82. The molecule has 0 unspecified atom stereocenters. The maximum atomic E-state index is 11.8. The Labute approximate surface area is 128 Å². The number of nitrogens with one attached hydrogen (secondary N) is 1. The summed E-state index contributed by atoms with van der Waals surface area (Å²) in [6.07, 6.45) is 4.93. The van der Waals surface area contributed by atoms with Crippen molar-refractivity contribution in [3.63, 3.8) is 0 Å². The lowest BCUT2D eigenvalue weighted by molar-refractivity contribution is -0.116. The first kappa shape index (κ1) is 17.7. The predicted molar refractivity (Wildman–Crippen MR) is 87.1 cm³/mol. The van der Waals surface area contributed by atoms with E-state index in [9.17, 15) is 4.79 Å². The highest BCUT2D eigenvalue weighted by Gasteiger charge is 2.03. The molecule has 21 heavy (non-hydrogen) atoms. The van der Waals surface area contributed by atoms with Gasteiger partial charge in [-0.25, -0.2) is 0 Å². The van der Waals surface area contributed by atoms with Crippen LogP contribution in [-0.2, 0) is 16.1 Å². The molecule has 0 spiro atoms. The van der Waals surface area contributed by atoms with Crippen LogP contribution in [0.2, 0.25) is 0 Å². The second kappa shape index (κ2) is 10.4. The van der Waals surface area contributed by atoms with Crippen molar-refractivity contribution in [2.75, 3.05) is 11.9 Å². The molecule has 4 nitrogen and oxygen atoms in total. The quantitative estimate of drug-likeness (QED) is 0.649. The zero-order valence-corrected chi connectivity index (χ0v) is 13.2. The van der Waals surface area contributed by atoms with Gasteiger partial charge in [-0.1, -0.05) is 25.0 Å². The molecule has 1 aromatic rings. The molecule has 0 aliphatic carbocycles. The summed E-state index contributed by atoms with van der Waals surface area (Å²) in [5.41, 5.74) is 7.39. The molecule has 3 N–H and O–H groups in total. The van der Waals surface area contributed by atoms with Gasteiger partial charge in [0.2, 0.25) is 5.91 Å². The molecule has 0 aliphatic rings. The highest BCUT2D eigenvalue weighted by molar-refractivity contribution is 5.90. The average molecular weight is 292 g/mol. The van der Waals surface area contributed by atoms with Gasteiger partial charge in [-0.2, -0.15) is 0 Å². The van der Waals surface area contributed by atoms with Gasteiger partial charge < -0.3 is 15.8 Å². The van der Waals surface area contributed by atoms with Crippen LogP contribution in [0.1, 0.15) is 51.5 Å². The monoisotopic (exact) mass is 292 g/mol. The molecule has 1 rings (SSSR count). The molecule has 0 atom stereocenters. The fourth-order valence-corrected chi connectivity index (χ4v) is 1.95. The molecule has 1 amide bonds. The van der Waals surface area contributed by atoms with Crippen LogP contribution >= 0.6 is 0 Å². The number of amides is 1. The van der Waals surface area contributed by atoms with Crippen molar-refractivity contribution in [2.24, 2.45) is 5.73 Å². The lowest BCUT2D eigenvalue weighted by Crippen LogP contribution is -2.11. The van der Waals surface area contributed by atoms with E-state index in [1.807, 2.05) is 38.1 Å². The van der Waals surface area contributed by atoms with Crippen LogP contribution in [0.3, 0.4) is 0 Å². The Hall–Kier alpha value is -1.39. The Morgan fingerprint density at radius 3 is 2.43 bits per heavy atom. The summed E-state index contributed by atoms with van der Waals surface area (Å²) in [7, 11) is 0.